The van der Waals surface area contributed by atoms with Crippen molar-refractivity contribution < 1.29 is 14.9 Å². The van der Waals surface area contributed by atoms with Crippen LogP contribution in [0.3, 0.4) is 0 Å². The van der Waals surface area contributed by atoms with Crippen molar-refractivity contribution in [3.8, 4) is 17.6 Å². The summed E-state index contributed by atoms with van der Waals surface area (Å²) in [7, 11) is 3.57. The summed E-state index contributed by atoms with van der Waals surface area (Å²) >= 11 is 0. The molecule has 0 aromatic heterocycles. The number of aliphatic hydroxyl groups is 2. The number of rotatable bonds is 5. The standard InChI is InChI=1S/C16H23NO3/c1-16(2,12-19)17(3)11-13-7-8-15(20-4)14(10-13)6-5-9-18/h7-8,10,18-19H,9,11-12H2,1-4H3. The van der Waals surface area contributed by atoms with Crippen molar-refractivity contribution in [3.63, 3.8) is 0 Å². The molecule has 0 radical (unpaired) electrons. The third kappa shape index (κ3) is 4.24. The van der Waals surface area contributed by atoms with E-state index in [1.54, 1.807) is 7.11 Å². The van der Waals surface area contributed by atoms with Crippen molar-refractivity contribution in [3.05, 3.63) is 29.3 Å². The fourth-order valence-electron chi connectivity index (χ4n) is 1.69. The van der Waals surface area contributed by atoms with Gasteiger partial charge >= 0.3 is 0 Å². The summed E-state index contributed by atoms with van der Waals surface area (Å²) in [5.74, 6) is 6.21. The van der Waals surface area contributed by atoms with Crippen LogP contribution in [0.1, 0.15) is 25.0 Å². The molecular weight excluding hydrogens is 254 g/mol. The maximum Gasteiger partial charge on any atom is 0.134 e. The van der Waals surface area contributed by atoms with Gasteiger partial charge in [0.2, 0.25) is 0 Å². The number of nitrogens with zero attached hydrogens (tertiary/aromatic N) is 1. The van der Waals surface area contributed by atoms with Gasteiger partial charge in [-0.15, -0.1) is 0 Å². The van der Waals surface area contributed by atoms with E-state index in [1.807, 2.05) is 39.1 Å². The lowest BCUT2D eigenvalue weighted by molar-refractivity contribution is 0.0734. The zero-order valence-electron chi connectivity index (χ0n) is 12.6. The Hall–Kier alpha value is -1.54. The third-order valence-electron chi connectivity index (χ3n) is 3.41. The molecule has 1 aromatic carbocycles. The first-order valence-electron chi connectivity index (χ1n) is 6.53. The minimum Gasteiger partial charge on any atom is -0.495 e. The Morgan fingerprint density at radius 3 is 2.55 bits per heavy atom. The van der Waals surface area contributed by atoms with E-state index in [9.17, 15) is 5.11 Å². The van der Waals surface area contributed by atoms with Crippen LogP contribution in [0.5, 0.6) is 5.75 Å². The molecule has 0 bridgehead atoms. The van der Waals surface area contributed by atoms with Crippen molar-refractivity contribution in [2.45, 2.75) is 25.9 Å². The van der Waals surface area contributed by atoms with Gasteiger partial charge in [-0.1, -0.05) is 17.9 Å². The van der Waals surface area contributed by atoms with Gasteiger partial charge in [-0.05, 0) is 38.6 Å². The molecule has 0 fully saturated rings. The predicted molar refractivity (Wildman–Crippen MR) is 79.6 cm³/mol. The molecule has 4 heteroatoms. The summed E-state index contributed by atoms with van der Waals surface area (Å²) in [6.45, 7) is 4.60. The molecule has 0 aliphatic rings. The van der Waals surface area contributed by atoms with E-state index in [-0.39, 0.29) is 18.8 Å². The molecule has 0 saturated heterocycles. The Morgan fingerprint density at radius 1 is 1.30 bits per heavy atom. The molecule has 4 nitrogen and oxygen atoms in total. The van der Waals surface area contributed by atoms with Crippen LogP contribution in [-0.2, 0) is 6.54 Å². The van der Waals surface area contributed by atoms with E-state index >= 15 is 0 Å². The smallest absolute Gasteiger partial charge is 0.134 e. The lowest BCUT2D eigenvalue weighted by atomic mass is 10.0. The Morgan fingerprint density at radius 2 is 2.00 bits per heavy atom. The van der Waals surface area contributed by atoms with Gasteiger partial charge in [0, 0.05) is 12.1 Å². The average Bonchev–Trinajstić information content (AvgIpc) is 2.45. The predicted octanol–water partition coefficient (Wildman–Crippen LogP) is 1.24. The molecule has 0 aliphatic carbocycles. The maximum absolute atomic E-state index is 9.38. The molecule has 20 heavy (non-hydrogen) atoms. The third-order valence-corrected chi connectivity index (χ3v) is 3.41. The number of hydrogen-bond donors (Lipinski definition) is 2. The van der Waals surface area contributed by atoms with Crippen LogP contribution in [0.15, 0.2) is 18.2 Å². The summed E-state index contributed by atoms with van der Waals surface area (Å²) < 4.78 is 5.25. The number of aliphatic hydroxyl groups excluding tert-OH is 2. The molecule has 0 atom stereocenters. The Balaban J connectivity index is 2.97. The Bertz CT molecular complexity index is 500. The average molecular weight is 277 g/mol. The molecule has 0 aliphatic heterocycles. The first kappa shape index (κ1) is 16.5. The van der Waals surface area contributed by atoms with E-state index in [2.05, 4.69) is 16.7 Å². The van der Waals surface area contributed by atoms with E-state index < -0.39 is 0 Å². The second-order valence-electron chi connectivity index (χ2n) is 5.32. The number of likely N-dealkylation sites (N-methyl/N-ethyl adjacent to an activating group) is 1. The van der Waals surface area contributed by atoms with Gasteiger partial charge in [0.05, 0.1) is 19.3 Å². The van der Waals surface area contributed by atoms with Crippen molar-refractivity contribution in [2.75, 3.05) is 27.4 Å². The number of methoxy groups -OCH3 is 1. The molecule has 0 spiro atoms. The van der Waals surface area contributed by atoms with Crippen LogP contribution >= 0.6 is 0 Å². The Labute approximate surface area is 121 Å². The molecule has 0 amide bonds. The van der Waals surface area contributed by atoms with Crippen LogP contribution in [0.4, 0.5) is 0 Å². The summed E-state index contributed by atoms with van der Waals surface area (Å²) in [5.41, 5.74) is 1.56. The highest BCUT2D eigenvalue weighted by Crippen LogP contribution is 2.21. The normalized spacial score (nSPS) is 11.2. The minimum absolute atomic E-state index is 0.0941. The molecular formula is C16H23NO3. The first-order chi connectivity index (χ1) is 9.44. The van der Waals surface area contributed by atoms with Gasteiger partial charge in [-0.25, -0.2) is 0 Å². The summed E-state index contributed by atoms with van der Waals surface area (Å²) in [6.07, 6.45) is 0. The van der Waals surface area contributed by atoms with Crippen LogP contribution in [0.25, 0.3) is 0 Å². The van der Waals surface area contributed by atoms with Crippen LogP contribution < -0.4 is 4.74 Å². The summed E-state index contributed by atoms with van der Waals surface area (Å²) in [5, 5.41) is 18.2. The Kier molecular flexibility index (Phi) is 6.03. The fourth-order valence-corrected chi connectivity index (χ4v) is 1.69. The largest absolute Gasteiger partial charge is 0.495 e. The second kappa shape index (κ2) is 7.30. The van der Waals surface area contributed by atoms with E-state index in [0.29, 0.717) is 12.3 Å². The summed E-state index contributed by atoms with van der Waals surface area (Å²) in [6, 6.07) is 5.80. The van der Waals surface area contributed by atoms with Gasteiger partial charge in [0.15, 0.2) is 0 Å². The number of benzene rings is 1. The highest BCUT2D eigenvalue weighted by Gasteiger charge is 2.22. The molecule has 0 unspecified atom stereocenters. The van der Waals surface area contributed by atoms with Crippen molar-refractivity contribution in [1.82, 2.24) is 4.90 Å². The van der Waals surface area contributed by atoms with Gasteiger partial charge in [0.25, 0.3) is 0 Å². The van der Waals surface area contributed by atoms with E-state index in [1.165, 1.54) is 0 Å². The lowest BCUT2D eigenvalue weighted by Gasteiger charge is -2.34. The zero-order chi connectivity index (χ0) is 15.2. The highest BCUT2D eigenvalue weighted by atomic mass is 16.5. The zero-order valence-corrected chi connectivity index (χ0v) is 12.6. The monoisotopic (exact) mass is 277 g/mol. The van der Waals surface area contributed by atoms with Gasteiger partial charge < -0.3 is 14.9 Å². The fraction of sp³-hybridized carbons (Fsp3) is 0.500. The SMILES string of the molecule is COc1ccc(CN(C)C(C)(C)CO)cc1C#CCO. The van der Waals surface area contributed by atoms with Gasteiger partial charge in [-0.3, -0.25) is 4.90 Å². The first-order valence-corrected chi connectivity index (χ1v) is 6.53. The molecule has 2 N–H and O–H groups in total. The van der Waals surface area contributed by atoms with Crippen LogP contribution in [-0.4, -0.2) is 48.0 Å². The molecule has 1 aromatic rings. The van der Waals surface area contributed by atoms with E-state index in [4.69, 9.17) is 9.84 Å². The number of ether oxygens (including phenoxy) is 1. The van der Waals surface area contributed by atoms with Gasteiger partial charge in [0.1, 0.15) is 12.4 Å². The number of hydrogen-bond acceptors (Lipinski definition) is 4. The van der Waals surface area contributed by atoms with Crippen molar-refractivity contribution in [2.24, 2.45) is 0 Å². The highest BCUT2D eigenvalue weighted by molar-refractivity contribution is 5.48. The maximum atomic E-state index is 9.38. The quantitative estimate of drug-likeness (QED) is 0.795. The van der Waals surface area contributed by atoms with Gasteiger partial charge in [-0.2, -0.15) is 0 Å². The van der Waals surface area contributed by atoms with Crippen molar-refractivity contribution in [1.29, 1.82) is 0 Å². The molecule has 1 rings (SSSR count). The molecule has 0 heterocycles. The molecule has 0 saturated carbocycles. The lowest BCUT2D eigenvalue weighted by Crippen LogP contribution is -2.43. The minimum atomic E-state index is -0.281. The van der Waals surface area contributed by atoms with Crippen molar-refractivity contribution >= 4 is 0 Å². The van der Waals surface area contributed by atoms with Crippen LogP contribution in [0.2, 0.25) is 0 Å². The second-order valence-corrected chi connectivity index (χ2v) is 5.32. The molecule has 110 valence electrons. The summed E-state index contributed by atoms with van der Waals surface area (Å²) in [4.78, 5) is 2.08. The topological polar surface area (TPSA) is 52.9 Å². The van der Waals surface area contributed by atoms with Crippen LogP contribution in [0, 0.1) is 11.8 Å². The van der Waals surface area contributed by atoms with E-state index in [0.717, 1.165) is 11.1 Å².